The van der Waals surface area contributed by atoms with E-state index in [1.54, 1.807) is 0 Å². The highest BCUT2D eigenvalue weighted by atomic mass is 16.4. The highest BCUT2D eigenvalue weighted by molar-refractivity contribution is 5.65. The lowest BCUT2D eigenvalue weighted by atomic mass is 10.00. The van der Waals surface area contributed by atoms with Gasteiger partial charge < -0.3 is 4.42 Å². The van der Waals surface area contributed by atoms with Gasteiger partial charge in [-0.05, 0) is 42.8 Å². The summed E-state index contributed by atoms with van der Waals surface area (Å²) in [6, 6.07) is 28.0. The summed E-state index contributed by atoms with van der Waals surface area (Å²) in [6.07, 6.45) is 9.38. The molecule has 6 rings (SSSR count). The van der Waals surface area contributed by atoms with E-state index in [-0.39, 0.29) is 5.92 Å². The first-order valence-corrected chi connectivity index (χ1v) is 11.2. The third kappa shape index (κ3) is 3.75. The molecular formula is C28H21N5O. The molecule has 1 aliphatic carbocycles. The summed E-state index contributed by atoms with van der Waals surface area (Å²) in [5, 5.41) is 17.6. The van der Waals surface area contributed by atoms with E-state index in [1.807, 2.05) is 72.8 Å². The van der Waals surface area contributed by atoms with E-state index in [9.17, 15) is 0 Å². The molecule has 0 spiro atoms. The number of hydrogen-bond donors (Lipinski definition) is 0. The Morgan fingerprint density at radius 3 is 1.97 bits per heavy atom. The molecule has 5 aromatic rings. The van der Waals surface area contributed by atoms with Crippen molar-refractivity contribution in [2.75, 3.05) is 0 Å². The van der Waals surface area contributed by atoms with Gasteiger partial charge in [-0.25, -0.2) is 0 Å². The van der Waals surface area contributed by atoms with Gasteiger partial charge in [-0.15, -0.1) is 20.4 Å². The second kappa shape index (κ2) is 8.75. The number of hydrogen-bond acceptors (Lipinski definition) is 5. The molecule has 0 radical (unpaired) electrons. The van der Waals surface area contributed by atoms with Crippen molar-refractivity contribution in [3.05, 3.63) is 115 Å². The SMILES string of the molecule is C1=CCC(c2nnc(-c3ccc(-c4nnc(-c5ccccc5)o4)cc3)n2-c2ccccc2)C=C1. The van der Waals surface area contributed by atoms with Crippen LogP contribution in [0.15, 0.2) is 114 Å². The Balaban J connectivity index is 1.36. The number of rotatable bonds is 5. The number of benzene rings is 3. The largest absolute Gasteiger partial charge is 0.416 e. The van der Waals surface area contributed by atoms with Gasteiger partial charge >= 0.3 is 0 Å². The first-order valence-electron chi connectivity index (χ1n) is 11.2. The quantitative estimate of drug-likeness (QED) is 0.321. The Bertz CT molecular complexity index is 1460. The van der Waals surface area contributed by atoms with E-state index in [0.29, 0.717) is 11.8 Å². The minimum Gasteiger partial charge on any atom is -0.416 e. The second-order valence-corrected chi connectivity index (χ2v) is 8.06. The maximum absolute atomic E-state index is 5.91. The van der Waals surface area contributed by atoms with Crippen LogP contribution in [0.3, 0.4) is 0 Å². The molecule has 2 heterocycles. The highest BCUT2D eigenvalue weighted by Crippen LogP contribution is 2.31. The number of nitrogens with zero attached hydrogens (tertiary/aromatic N) is 5. The van der Waals surface area contributed by atoms with Gasteiger partial charge in [0.25, 0.3) is 0 Å². The summed E-state index contributed by atoms with van der Waals surface area (Å²) in [5.41, 5.74) is 3.75. The van der Waals surface area contributed by atoms with Crippen LogP contribution in [0.5, 0.6) is 0 Å². The molecule has 3 aromatic carbocycles. The van der Waals surface area contributed by atoms with Gasteiger partial charge in [-0.2, -0.15) is 0 Å². The van der Waals surface area contributed by atoms with Crippen molar-refractivity contribution in [1.29, 1.82) is 0 Å². The average Bonchev–Trinajstić information content (AvgIpc) is 3.59. The molecule has 1 unspecified atom stereocenters. The Labute approximate surface area is 196 Å². The van der Waals surface area contributed by atoms with Crippen LogP contribution in [-0.2, 0) is 0 Å². The van der Waals surface area contributed by atoms with Crippen LogP contribution < -0.4 is 0 Å². The Hall–Kier alpha value is -4.58. The maximum Gasteiger partial charge on any atom is 0.248 e. The minimum atomic E-state index is 0.181. The zero-order chi connectivity index (χ0) is 22.7. The smallest absolute Gasteiger partial charge is 0.248 e. The monoisotopic (exact) mass is 443 g/mol. The number of para-hydroxylation sites is 1. The number of allylic oxidation sites excluding steroid dienone is 4. The van der Waals surface area contributed by atoms with Crippen molar-refractivity contribution in [3.8, 4) is 40.0 Å². The third-order valence-electron chi connectivity index (χ3n) is 5.85. The van der Waals surface area contributed by atoms with Crippen LogP contribution in [-0.4, -0.2) is 25.0 Å². The summed E-state index contributed by atoms with van der Waals surface area (Å²) in [5.74, 6) is 2.89. The first-order chi connectivity index (χ1) is 16.9. The topological polar surface area (TPSA) is 69.6 Å². The van der Waals surface area contributed by atoms with Crippen LogP contribution in [0.4, 0.5) is 0 Å². The lowest BCUT2D eigenvalue weighted by Crippen LogP contribution is -2.08. The summed E-state index contributed by atoms with van der Waals surface area (Å²) in [6.45, 7) is 0. The zero-order valence-corrected chi connectivity index (χ0v) is 18.3. The van der Waals surface area contributed by atoms with Crippen LogP contribution in [0.2, 0.25) is 0 Å². The van der Waals surface area contributed by atoms with Gasteiger partial charge in [0.15, 0.2) is 5.82 Å². The highest BCUT2D eigenvalue weighted by Gasteiger charge is 2.22. The van der Waals surface area contributed by atoms with E-state index in [1.165, 1.54) is 0 Å². The summed E-state index contributed by atoms with van der Waals surface area (Å²) in [4.78, 5) is 0. The van der Waals surface area contributed by atoms with E-state index in [0.717, 1.165) is 40.4 Å². The van der Waals surface area contributed by atoms with Crippen molar-refractivity contribution < 1.29 is 4.42 Å². The normalized spacial score (nSPS) is 15.0. The zero-order valence-electron chi connectivity index (χ0n) is 18.3. The first kappa shape index (κ1) is 20.1. The molecule has 6 nitrogen and oxygen atoms in total. The predicted octanol–water partition coefficient (Wildman–Crippen LogP) is 6.25. The van der Waals surface area contributed by atoms with E-state index in [2.05, 4.69) is 61.4 Å². The van der Waals surface area contributed by atoms with Crippen LogP contribution in [0.1, 0.15) is 18.2 Å². The Morgan fingerprint density at radius 2 is 1.29 bits per heavy atom. The molecule has 0 fully saturated rings. The Kier molecular flexibility index (Phi) is 5.16. The molecule has 1 aliphatic rings. The minimum absolute atomic E-state index is 0.181. The molecule has 164 valence electrons. The molecule has 0 aliphatic heterocycles. The molecule has 34 heavy (non-hydrogen) atoms. The van der Waals surface area contributed by atoms with Gasteiger partial charge in [0.05, 0.1) is 0 Å². The molecule has 0 N–H and O–H groups in total. The summed E-state index contributed by atoms with van der Waals surface area (Å²) >= 11 is 0. The molecule has 2 aromatic heterocycles. The van der Waals surface area contributed by atoms with Crippen molar-refractivity contribution in [2.45, 2.75) is 12.3 Å². The van der Waals surface area contributed by atoms with E-state index < -0.39 is 0 Å². The molecule has 0 saturated carbocycles. The van der Waals surface area contributed by atoms with Crippen LogP contribution in [0.25, 0.3) is 40.0 Å². The lowest BCUT2D eigenvalue weighted by Gasteiger charge is -2.16. The lowest BCUT2D eigenvalue weighted by molar-refractivity contribution is 0.584. The molecule has 1 atom stereocenters. The van der Waals surface area contributed by atoms with E-state index in [4.69, 9.17) is 4.42 Å². The Morgan fingerprint density at radius 1 is 0.647 bits per heavy atom. The van der Waals surface area contributed by atoms with E-state index >= 15 is 0 Å². The molecule has 0 saturated heterocycles. The molecule has 6 heteroatoms. The van der Waals surface area contributed by atoms with Gasteiger partial charge in [0.1, 0.15) is 5.82 Å². The fraction of sp³-hybridized carbons (Fsp3) is 0.0714. The number of aromatic nitrogens is 5. The standard InChI is InChI=1S/C28H21N5O/c1-4-10-20(11-5-1)25-29-30-26(33(25)24-14-8-3-9-15-24)21-16-18-23(19-17-21)28-32-31-27(34-28)22-12-6-2-7-13-22/h1-10,12-20H,11H2. The van der Waals surface area contributed by atoms with Crippen molar-refractivity contribution >= 4 is 0 Å². The van der Waals surface area contributed by atoms with Crippen molar-refractivity contribution in [1.82, 2.24) is 25.0 Å². The van der Waals surface area contributed by atoms with Gasteiger partial charge in [-0.1, -0.05) is 72.8 Å². The van der Waals surface area contributed by atoms with Gasteiger partial charge in [0.2, 0.25) is 11.8 Å². The summed E-state index contributed by atoms with van der Waals surface area (Å²) in [7, 11) is 0. The summed E-state index contributed by atoms with van der Waals surface area (Å²) < 4.78 is 8.05. The van der Waals surface area contributed by atoms with Crippen LogP contribution >= 0.6 is 0 Å². The molecular weight excluding hydrogens is 422 g/mol. The third-order valence-corrected chi connectivity index (χ3v) is 5.85. The fourth-order valence-electron chi connectivity index (χ4n) is 4.13. The van der Waals surface area contributed by atoms with Crippen molar-refractivity contribution in [2.24, 2.45) is 0 Å². The van der Waals surface area contributed by atoms with Gasteiger partial charge in [0, 0.05) is 28.3 Å². The fourth-order valence-corrected chi connectivity index (χ4v) is 4.13. The molecule has 0 amide bonds. The van der Waals surface area contributed by atoms with Crippen molar-refractivity contribution in [3.63, 3.8) is 0 Å². The second-order valence-electron chi connectivity index (χ2n) is 8.06. The predicted molar refractivity (Wildman–Crippen MR) is 131 cm³/mol. The van der Waals surface area contributed by atoms with Gasteiger partial charge in [-0.3, -0.25) is 4.57 Å². The van der Waals surface area contributed by atoms with Crippen LogP contribution in [0, 0.1) is 0 Å². The average molecular weight is 444 g/mol. The molecule has 0 bridgehead atoms. The maximum atomic E-state index is 5.91.